The number of nitrogens with zero attached hydrogens (tertiary/aromatic N) is 2. The predicted molar refractivity (Wildman–Crippen MR) is 132 cm³/mol. The number of benzene rings is 1. The normalized spacial score (nSPS) is 18.0. The van der Waals surface area contributed by atoms with Crippen LogP contribution >= 0.6 is 0 Å². The molecular formula is C26H38FN5. The summed E-state index contributed by atoms with van der Waals surface area (Å²) >= 11 is 0. The van der Waals surface area contributed by atoms with Gasteiger partial charge in [0.2, 0.25) is 0 Å². The van der Waals surface area contributed by atoms with Crippen LogP contribution in [0.5, 0.6) is 0 Å². The van der Waals surface area contributed by atoms with E-state index in [1.54, 1.807) is 0 Å². The minimum Gasteiger partial charge on any atom is -0.363 e. The first-order chi connectivity index (χ1) is 15.5. The molecular weight excluding hydrogens is 401 g/mol. The summed E-state index contributed by atoms with van der Waals surface area (Å²) in [6, 6.07) is 10.6. The quantitative estimate of drug-likeness (QED) is 0.431. The third kappa shape index (κ3) is 6.06. The number of nitrogens with one attached hydrogen (secondary N) is 2. The van der Waals surface area contributed by atoms with Gasteiger partial charge in [0.15, 0.2) is 0 Å². The molecule has 0 spiro atoms. The molecule has 1 unspecified atom stereocenters. The molecule has 0 aliphatic heterocycles. The highest BCUT2D eigenvalue weighted by molar-refractivity contribution is 5.88. The average Bonchev–Trinajstić information content (AvgIpc) is 3.29. The second-order valence-electron chi connectivity index (χ2n) is 9.05. The lowest BCUT2D eigenvalue weighted by Gasteiger charge is -2.26. The third-order valence-electron chi connectivity index (χ3n) is 6.25. The van der Waals surface area contributed by atoms with Crippen LogP contribution in [0.4, 0.5) is 10.2 Å². The van der Waals surface area contributed by atoms with Gasteiger partial charge < -0.3 is 16.0 Å². The zero-order chi connectivity index (χ0) is 23.0. The Labute approximate surface area is 191 Å². The van der Waals surface area contributed by atoms with E-state index in [0.29, 0.717) is 11.3 Å². The predicted octanol–water partition coefficient (Wildman–Crippen LogP) is 6.57. The smallest absolute Gasteiger partial charge is 0.145 e. The van der Waals surface area contributed by atoms with Gasteiger partial charge in [0.25, 0.3) is 0 Å². The minimum atomic E-state index is -1.44. The van der Waals surface area contributed by atoms with Gasteiger partial charge in [-0.25, -0.2) is 14.4 Å². The molecule has 1 saturated carbocycles. The van der Waals surface area contributed by atoms with Gasteiger partial charge in [-0.05, 0) is 57.4 Å². The summed E-state index contributed by atoms with van der Waals surface area (Å²) in [7, 11) is 1.50. The molecule has 0 amide bonds. The molecule has 4 N–H and O–H groups in total. The summed E-state index contributed by atoms with van der Waals surface area (Å²) < 4.78 is 14.2. The van der Waals surface area contributed by atoms with Gasteiger partial charge in [0.1, 0.15) is 23.5 Å². The molecule has 2 aromatic heterocycles. The number of alkyl halides is 1. The van der Waals surface area contributed by atoms with E-state index >= 15 is 0 Å². The van der Waals surface area contributed by atoms with Crippen LogP contribution < -0.4 is 11.1 Å². The maximum Gasteiger partial charge on any atom is 0.145 e. The molecule has 5 rings (SSSR count). The monoisotopic (exact) mass is 439 g/mol. The van der Waals surface area contributed by atoms with Crippen molar-refractivity contribution in [2.24, 2.45) is 5.73 Å². The fraction of sp³-hybridized carbons (Fsp3) is 0.538. The molecule has 2 aliphatic carbocycles. The van der Waals surface area contributed by atoms with E-state index in [1.807, 2.05) is 6.07 Å². The number of aromatic nitrogens is 3. The third-order valence-corrected chi connectivity index (χ3v) is 6.25. The number of anilines is 1. The first-order valence-electron chi connectivity index (χ1n) is 12.0. The Bertz CT molecular complexity index is 960. The fourth-order valence-corrected chi connectivity index (χ4v) is 4.50. The van der Waals surface area contributed by atoms with Gasteiger partial charge in [-0.1, -0.05) is 62.8 Å². The molecule has 1 atom stereocenters. The highest BCUT2D eigenvalue weighted by atomic mass is 19.1. The van der Waals surface area contributed by atoms with Crippen LogP contribution in [0.1, 0.15) is 88.1 Å². The molecule has 0 radical (unpaired) electrons. The van der Waals surface area contributed by atoms with Crippen molar-refractivity contribution in [2.45, 2.75) is 83.3 Å². The molecule has 1 fully saturated rings. The lowest BCUT2D eigenvalue weighted by atomic mass is 9.88. The lowest BCUT2D eigenvalue weighted by Crippen LogP contribution is -2.18. The Morgan fingerprint density at radius 2 is 1.66 bits per heavy atom. The molecule has 2 aliphatic rings. The van der Waals surface area contributed by atoms with Crippen molar-refractivity contribution in [1.29, 1.82) is 0 Å². The van der Waals surface area contributed by atoms with Gasteiger partial charge in [0, 0.05) is 0 Å². The van der Waals surface area contributed by atoms with E-state index in [2.05, 4.69) is 50.3 Å². The van der Waals surface area contributed by atoms with Crippen LogP contribution in [0.2, 0.25) is 0 Å². The first-order valence-corrected chi connectivity index (χ1v) is 12.0. The molecule has 32 heavy (non-hydrogen) atoms. The van der Waals surface area contributed by atoms with E-state index in [9.17, 15) is 4.39 Å². The van der Waals surface area contributed by atoms with Crippen molar-refractivity contribution < 1.29 is 4.39 Å². The molecule has 6 heteroatoms. The number of hydrogen-bond donors (Lipinski definition) is 3. The van der Waals surface area contributed by atoms with Crippen LogP contribution in [-0.2, 0) is 12.1 Å². The van der Waals surface area contributed by atoms with Crippen LogP contribution in [0.3, 0.4) is 0 Å². The SMILES string of the molecule is C1CCCCC1.CC(C)(F)c1cc2c(NC3CCCc4ccccc43)ncnc2[nH]1.CN. The van der Waals surface area contributed by atoms with E-state index in [1.165, 1.54) is 76.9 Å². The number of hydrogen-bond acceptors (Lipinski definition) is 4. The number of rotatable bonds is 3. The molecule has 1 aromatic carbocycles. The number of fused-ring (bicyclic) bond motifs is 2. The van der Waals surface area contributed by atoms with Gasteiger partial charge in [-0.3, -0.25) is 0 Å². The average molecular weight is 440 g/mol. The van der Waals surface area contributed by atoms with Crippen LogP contribution in [0.15, 0.2) is 36.7 Å². The second kappa shape index (κ2) is 11.4. The van der Waals surface area contributed by atoms with E-state index in [4.69, 9.17) is 0 Å². The van der Waals surface area contributed by atoms with Gasteiger partial charge >= 0.3 is 0 Å². The van der Waals surface area contributed by atoms with Gasteiger partial charge in [-0.15, -0.1) is 0 Å². The Hall–Kier alpha value is -2.47. The van der Waals surface area contributed by atoms with Crippen LogP contribution in [0, 0.1) is 0 Å². The molecule has 0 bridgehead atoms. The summed E-state index contributed by atoms with van der Waals surface area (Å²) in [6.45, 7) is 3.07. The Morgan fingerprint density at radius 1 is 1.00 bits per heavy atom. The van der Waals surface area contributed by atoms with Crippen LogP contribution in [0.25, 0.3) is 11.0 Å². The minimum absolute atomic E-state index is 0.227. The summed E-state index contributed by atoms with van der Waals surface area (Å²) in [5, 5.41) is 4.39. The number of aromatic amines is 1. The fourth-order valence-electron chi connectivity index (χ4n) is 4.50. The Balaban J connectivity index is 0.000000309. The topological polar surface area (TPSA) is 79.6 Å². The number of nitrogens with two attached hydrogens (primary N) is 1. The van der Waals surface area contributed by atoms with Crippen molar-refractivity contribution in [3.63, 3.8) is 0 Å². The summed E-state index contributed by atoms with van der Waals surface area (Å²) in [5.74, 6) is 0.758. The van der Waals surface area contributed by atoms with Crippen molar-refractivity contribution in [2.75, 3.05) is 12.4 Å². The maximum absolute atomic E-state index is 14.2. The van der Waals surface area contributed by atoms with Crippen LogP contribution in [-0.4, -0.2) is 22.0 Å². The number of halogens is 1. The Morgan fingerprint density at radius 3 is 2.31 bits per heavy atom. The first kappa shape index (κ1) is 24.2. The second-order valence-corrected chi connectivity index (χ2v) is 9.05. The van der Waals surface area contributed by atoms with Crippen molar-refractivity contribution in [1.82, 2.24) is 15.0 Å². The largest absolute Gasteiger partial charge is 0.363 e. The Kier molecular flexibility index (Phi) is 8.62. The summed E-state index contributed by atoms with van der Waals surface area (Å²) in [4.78, 5) is 11.7. The zero-order valence-corrected chi connectivity index (χ0v) is 19.8. The van der Waals surface area contributed by atoms with E-state index in [0.717, 1.165) is 30.5 Å². The van der Waals surface area contributed by atoms with Gasteiger partial charge in [-0.2, -0.15) is 0 Å². The molecule has 2 heterocycles. The van der Waals surface area contributed by atoms with E-state index in [-0.39, 0.29) is 6.04 Å². The molecule has 0 saturated heterocycles. The zero-order valence-electron chi connectivity index (χ0n) is 19.8. The highest BCUT2D eigenvalue weighted by Crippen LogP contribution is 2.35. The number of aryl methyl sites for hydroxylation is 1. The van der Waals surface area contributed by atoms with Crippen molar-refractivity contribution in [3.8, 4) is 0 Å². The molecule has 5 nitrogen and oxygen atoms in total. The van der Waals surface area contributed by atoms with E-state index < -0.39 is 5.67 Å². The summed E-state index contributed by atoms with van der Waals surface area (Å²) in [5.41, 5.74) is 6.97. The maximum atomic E-state index is 14.2. The number of H-pyrrole nitrogens is 1. The standard InChI is InChI=1S/C19H21FN4.C6H12.CH5N/c1-19(2,20)16-10-14-17(21-11-22-18(14)24-16)23-15-9-5-7-12-6-3-4-8-13(12)15;1-2-4-6-5-3-1;1-2/h3-4,6,8,10-11,15H,5,7,9H2,1-2H3,(H2,21,22,23,24);1-6H2;2H2,1H3. The van der Waals surface area contributed by atoms with Gasteiger partial charge in [0.05, 0.1) is 17.1 Å². The van der Waals surface area contributed by atoms with Crippen molar-refractivity contribution in [3.05, 3.63) is 53.5 Å². The summed E-state index contributed by atoms with van der Waals surface area (Å²) in [6.07, 6.45) is 13.9. The molecule has 3 aromatic rings. The van der Waals surface area contributed by atoms with Crippen molar-refractivity contribution >= 4 is 16.9 Å². The highest BCUT2D eigenvalue weighted by Gasteiger charge is 2.24. The molecule has 174 valence electrons. The lowest BCUT2D eigenvalue weighted by molar-refractivity contribution is 0.215.